The van der Waals surface area contributed by atoms with Crippen LogP contribution in [-0.4, -0.2) is 22.8 Å². The SMILES string of the molecule is CN(C(=O)c1ncccc1Br)C1CCCc2ccccc21. The first-order valence-corrected chi connectivity index (χ1v) is 7.93. The van der Waals surface area contributed by atoms with E-state index < -0.39 is 0 Å². The van der Waals surface area contributed by atoms with Gasteiger partial charge in [0.1, 0.15) is 5.69 Å². The van der Waals surface area contributed by atoms with E-state index in [-0.39, 0.29) is 11.9 Å². The number of aromatic nitrogens is 1. The van der Waals surface area contributed by atoms with E-state index in [1.165, 1.54) is 11.1 Å². The van der Waals surface area contributed by atoms with Gasteiger partial charge in [-0.2, -0.15) is 0 Å². The summed E-state index contributed by atoms with van der Waals surface area (Å²) in [4.78, 5) is 18.7. The van der Waals surface area contributed by atoms with Crippen LogP contribution in [0.5, 0.6) is 0 Å². The molecule has 0 saturated carbocycles. The third-order valence-electron chi connectivity index (χ3n) is 4.09. The number of nitrogens with zero attached hydrogens (tertiary/aromatic N) is 2. The highest BCUT2D eigenvalue weighted by Crippen LogP contribution is 2.34. The molecule has 0 spiro atoms. The van der Waals surface area contributed by atoms with E-state index in [9.17, 15) is 4.79 Å². The summed E-state index contributed by atoms with van der Waals surface area (Å²) in [6.45, 7) is 0. The molecular weight excluding hydrogens is 328 g/mol. The lowest BCUT2D eigenvalue weighted by atomic mass is 9.87. The van der Waals surface area contributed by atoms with Gasteiger partial charge < -0.3 is 4.90 Å². The van der Waals surface area contributed by atoms with E-state index in [1.54, 1.807) is 6.20 Å². The van der Waals surface area contributed by atoms with Crippen LogP contribution in [0.2, 0.25) is 0 Å². The van der Waals surface area contributed by atoms with Crippen molar-refractivity contribution in [2.75, 3.05) is 7.05 Å². The van der Waals surface area contributed by atoms with E-state index >= 15 is 0 Å². The lowest BCUT2D eigenvalue weighted by Crippen LogP contribution is -2.34. The van der Waals surface area contributed by atoms with Crippen molar-refractivity contribution in [3.63, 3.8) is 0 Å². The fourth-order valence-corrected chi connectivity index (χ4v) is 3.41. The maximum Gasteiger partial charge on any atom is 0.273 e. The molecule has 1 aliphatic rings. The van der Waals surface area contributed by atoms with Crippen molar-refractivity contribution < 1.29 is 4.79 Å². The van der Waals surface area contributed by atoms with Crippen LogP contribution in [0.3, 0.4) is 0 Å². The zero-order chi connectivity index (χ0) is 14.8. The van der Waals surface area contributed by atoms with Crippen molar-refractivity contribution in [1.82, 2.24) is 9.88 Å². The van der Waals surface area contributed by atoms with Gasteiger partial charge in [-0.05, 0) is 58.5 Å². The van der Waals surface area contributed by atoms with Gasteiger partial charge in [0.15, 0.2) is 0 Å². The first-order valence-electron chi connectivity index (χ1n) is 7.14. The van der Waals surface area contributed by atoms with Gasteiger partial charge in [-0.25, -0.2) is 4.98 Å². The number of aryl methyl sites for hydroxylation is 1. The van der Waals surface area contributed by atoms with E-state index in [0.29, 0.717) is 5.69 Å². The van der Waals surface area contributed by atoms with Gasteiger partial charge in [-0.1, -0.05) is 24.3 Å². The highest BCUT2D eigenvalue weighted by atomic mass is 79.9. The average Bonchev–Trinajstić information content (AvgIpc) is 2.53. The topological polar surface area (TPSA) is 33.2 Å². The van der Waals surface area contributed by atoms with E-state index in [4.69, 9.17) is 0 Å². The first-order chi connectivity index (χ1) is 10.2. The Bertz CT molecular complexity index is 671. The molecule has 2 aromatic rings. The molecule has 0 fully saturated rings. The molecule has 3 rings (SSSR count). The number of carbonyl (C=O) groups excluding carboxylic acids is 1. The average molecular weight is 345 g/mol. The van der Waals surface area contributed by atoms with Gasteiger partial charge in [0, 0.05) is 17.7 Å². The third-order valence-corrected chi connectivity index (χ3v) is 4.73. The number of pyridine rings is 1. The molecule has 0 saturated heterocycles. The van der Waals surface area contributed by atoms with Crippen molar-refractivity contribution in [2.45, 2.75) is 25.3 Å². The van der Waals surface area contributed by atoms with E-state index in [1.807, 2.05) is 30.1 Å². The Labute approximate surface area is 133 Å². The minimum absolute atomic E-state index is 0.0378. The van der Waals surface area contributed by atoms with Crippen molar-refractivity contribution in [3.8, 4) is 0 Å². The number of hydrogen-bond donors (Lipinski definition) is 0. The maximum atomic E-state index is 12.7. The third kappa shape index (κ3) is 2.72. The van der Waals surface area contributed by atoms with Crippen molar-refractivity contribution in [3.05, 3.63) is 63.9 Å². The quantitative estimate of drug-likeness (QED) is 0.825. The zero-order valence-corrected chi connectivity index (χ0v) is 13.5. The Morgan fingerprint density at radius 1 is 1.29 bits per heavy atom. The number of benzene rings is 1. The lowest BCUT2D eigenvalue weighted by Gasteiger charge is -2.33. The molecule has 1 aromatic heterocycles. The number of rotatable bonds is 2. The molecular formula is C17H17BrN2O. The van der Waals surface area contributed by atoms with Crippen molar-refractivity contribution >= 4 is 21.8 Å². The molecule has 1 unspecified atom stereocenters. The molecule has 4 heteroatoms. The summed E-state index contributed by atoms with van der Waals surface area (Å²) in [5.74, 6) is -0.0378. The standard InChI is InChI=1S/C17H17BrN2O/c1-20(17(21)16-14(18)9-5-11-19-16)15-10-4-7-12-6-2-3-8-13(12)15/h2-3,5-6,8-9,11,15H,4,7,10H2,1H3. The number of fused-ring (bicyclic) bond motifs is 1. The van der Waals surface area contributed by atoms with Crippen molar-refractivity contribution in [1.29, 1.82) is 0 Å². The van der Waals surface area contributed by atoms with E-state index in [0.717, 1.165) is 23.7 Å². The van der Waals surface area contributed by atoms with Gasteiger partial charge in [-0.3, -0.25) is 4.79 Å². The Hall–Kier alpha value is -1.68. The summed E-state index contributed by atoms with van der Waals surface area (Å²) in [5.41, 5.74) is 3.10. The minimum atomic E-state index is -0.0378. The molecule has 0 aliphatic heterocycles. The second-order valence-corrected chi connectivity index (χ2v) is 6.21. The molecule has 0 bridgehead atoms. The Balaban J connectivity index is 1.91. The van der Waals surface area contributed by atoms with Crippen LogP contribution in [0.15, 0.2) is 47.1 Å². The van der Waals surface area contributed by atoms with Crippen LogP contribution in [0.25, 0.3) is 0 Å². The number of carbonyl (C=O) groups is 1. The number of amides is 1. The molecule has 1 atom stereocenters. The molecule has 1 aromatic carbocycles. The largest absolute Gasteiger partial charge is 0.333 e. The fraction of sp³-hybridized carbons (Fsp3) is 0.294. The smallest absolute Gasteiger partial charge is 0.273 e. The van der Waals surface area contributed by atoms with Crippen LogP contribution in [-0.2, 0) is 6.42 Å². The normalized spacial score (nSPS) is 17.1. The second-order valence-electron chi connectivity index (χ2n) is 5.36. The maximum absolute atomic E-state index is 12.7. The van der Waals surface area contributed by atoms with Crippen LogP contribution in [0.4, 0.5) is 0 Å². The number of hydrogen-bond acceptors (Lipinski definition) is 2. The van der Waals surface area contributed by atoms with Crippen LogP contribution in [0.1, 0.15) is 40.5 Å². The Kier molecular flexibility index (Phi) is 4.06. The van der Waals surface area contributed by atoms with Crippen molar-refractivity contribution in [2.24, 2.45) is 0 Å². The van der Waals surface area contributed by atoms with Gasteiger partial charge >= 0.3 is 0 Å². The monoisotopic (exact) mass is 344 g/mol. The van der Waals surface area contributed by atoms with E-state index in [2.05, 4.69) is 39.1 Å². The molecule has 3 nitrogen and oxygen atoms in total. The summed E-state index contributed by atoms with van der Waals surface area (Å²) in [6.07, 6.45) is 4.87. The fourth-order valence-electron chi connectivity index (χ4n) is 2.98. The summed E-state index contributed by atoms with van der Waals surface area (Å²) in [6, 6.07) is 12.2. The van der Waals surface area contributed by atoms with Gasteiger partial charge in [0.25, 0.3) is 5.91 Å². The molecule has 21 heavy (non-hydrogen) atoms. The predicted molar refractivity (Wildman–Crippen MR) is 86.2 cm³/mol. The highest BCUT2D eigenvalue weighted by Gasteiger charge is 2.28. The van der Waals surface area contributed by atoms with Crippen LogP contribution in [0, 0.1) is 0 Å². The Morgan fingerprint density at radius 3 is 2.90 bits per heavy atom. The van der Waals surface area contributed by atoms with Gasteiger partial charge in [0.05, 0.1) is 6.04 Å². The van der Waals surface area contributed by atoms with Gasteiger partial charge in [-0.15, -0.1) is 0 Å². The molecule has 0 radical (unpaired) electrons. The molecule has 1 heterocycles. The lowest BCUT2D eigenvalue weighted by molar-refractivity contribution is 0.0708. The second kappa shape index (κ2) is 5.98. The molecule has 108 valence electrons. The minimum Gasteiger partial charge on any atom is -0.333 e. The van der Waals surface area contributed by atoms with Crippen LogP contribution < -0.4 is 0 Å². The zero-order valence-electron chi connectivity index (χ0n) is 11.9. The predicted octanol–water partition coefficient (Wildman–Crippen LogP) is 3.99. The highest BCUT2D eigenvalue weighted by molar-refractivity contribution is 9.10. The summed E-state index contributed by atoms with van der Waals surface area (Å²) < 4.78 is 0.742. The number of halogens is 1. The first kappa shape index (κ1) is 14.3. The molecule has 0 N–H and O–H groups in total. The summed E-state index contributed by atoms with van der Waals surface area (Å²) >= 11 is 3.41. The Morgan fingerprint density at radius 2 is 2.10 bits per heavy atom. The summed E-state index contributed by atoms with van der Waals surface area (Å²) in [7, 11) is 1.87. The molecule has 1 aliphatic carbocycles. The van der Waals surface area contributed by atoms with Gasteiger partial charge in [0.2, 0.25) is 0 Å². The molecule has 1 amide bonds. The summed E-state index contributed by atoms with van der Waals surface area (Å²) in [5, 5.41) is 0. The van der Waals surface area contributed by atoms with Crippen LogP contribution >= 0.6 is 15.9 Å².